The number of fused-ring (bicyclic) bond motifs is 1. The summed E-state index contributed by atoms with van der Waals surface area (Å²) in [5.74, 6) is 0.976. The molecule has 3 heterocycles. The van der Waals surface area contributed by atoms with Crippen LogP contribution in [-0.2, 0) is 0 Å². The van der Waals surface area contributed by atoms with Gasteiger partial charge in [-0.15, -0.1) is 5.10 Å². The van der Waals surface area contributed by atoms with Gasteiger partial charge in [0.2, 0.25) is 5.88 Å². The molecule has 0 saturated heterocycles. The fourth-order valence-electron chi connectivity index (χ4n) is 1.44. The first-order valence-electron chi connectivity index (χ1n) is 5.19. The molecule has 0 atom stereocenters. The normalized spacial score (nSPS) is 10.8. The summed E-state index contributed by atoms with van der Waals surface area (Å²) in [5, 5.41) is 12.0. The minimum Gasteiger partial charge on any atom is -0.434 e. The Morgan fingerprint density at radius 2 is 2.11 bits per heavy atom. The van der Waals surface area contributed by atoms with E-state index < -0.39 is 0 Å². The summed E-state index contributed by atoms with van der Waals surface area (Å²) in [5.41, 5.74) is 1.57. The Kier molecular flexibility index (Phi) is 2.67. The van der Waals surface area contributed by atoms with Crippen molar-refractivity contribution in [2.24, 2.45) is 0 Å². The number of halogens is 1. The molecule has 0 aliphatic heterocycles. The van der Waals surface area contributed by atoms with Crippen LogP contribution < -0.4 is 4.74 Å². The zero-order valence-corrected chi connectivity index (χ0v) is 11.0. The van der Waals surface area contributed by atoms with Gasteiger partial charge in [0.15, 0.2) is 11.4 Å². The maximum atomic E-state index is 5.54. The second kappa shape index (κ2) is 4.34. The van der Waals surface area contributed by atoms with Gasteiger partial charge in [-0.05, 0) is 28.9 Å². The van der Waals surface area contributed by atoms with Gasteiger partial charge in [0.1, 0.15) is 0 Å². The van der Waals surface area contributed by atoms with Crippen LogP contribution in [0, 0.1) is 6.92 Å². The highest BCUT2D eigenvalue weighted by atomic mass is 79.9. The van der Waals surface area contributed by atoms with E-state index in [0.29, 0.717) is 11.6 Å². The van der Waals surface area contributed by atoms with Crippen LogP contribution in [0.1, 0.15) is 5.69 Å². The molecular formula is C11H8BrN5O. The molecule has 0 radical (unpaired) electrons. The molecule has 3 rings (SSSR count). The number of aromatic nitrogens is 5. The average Bonchev–Trinajstić information content (AvgIpc) is 2.74. The number of hydrogen-bond donors (Lipinski definition) is 0. The predicted octanol–water partition coefficient (Wildman–Crippen LogP) is 2.38. The standard InChI is InChI=1S/C11H8BrN5O/c1-7-2-3-10(16-15-7)18-8-4-13-11-9(12)5-14-17(11)6-8/h2-6H,1H3. The van der Waals surface area contributed by atoms with Crippen molar-refractivity contribution in [1.29, 1.82) is 0 Å². The van der Waals surface area contributed by atoms with Crippen LogP contribution in [0.15, 0.2) is 35.2 Å². The van der Waals surface area contributed by atoms with Crippen LogP contribution >= 0.6 is 15.9 Å². The first-order chi connectivity index (χ1) is 8.72. The molecule has 0 amide bonds. The summed E-state index contributed by atoms with van der Waals surface area (Å²) >= 11 is 3.36. The summed E-state index contributed by atoms with van der Waals surface area (Å²) in [6.45, 7) is 1.87. The van der Waals surface area contributed by atoms with Gasteiger partial charge in [-0.2, -0.15) is 10.2 Å². The Labute approximate surface area is 111 Å². The maximum absolute atomic E-state index is 5.54. The quantitative estimate of drug-likeness (QED) is 0.727. The predicted molar refractivity (Wildman–Crippen MR) is 67.5 cm³/mol. The summed E-state index contributed by atoms with van der Waals surface area (Å²) in [6, 6.07) is 3.59. The van der Waals surface area contributed by atoms with Gasteiger partial charge in [0.25, 0.3) is 0 Å². The fourth-order valence-corrected chi connectivity index (χ4v) is 1.82. The number of rotatable bonds is 2. The lowest BCUT2D eigenvalue weighted by Crippen LogP contribution is -1.95. The highest BCUT2D eigenvalue weighted by molar-refractivity contribution is 9.10. The fraction of sp³-hybridized carbons (Fsp3) is 0.0909. The molecule has 90 valence electrons. The highest BCUT2D eigenvalue weighted by Crippen LogP contribution is 2.21. The third-order valence-electron chi connectivity index (χ3n) is 2.29. The topological polar surface area (TPSA) is 65.2 Å². The summed E-state index contributed by atoms with van der Waals surface area (Å²) in [7, 11) is 0. The van der Waals surface area contributed by atoms with Crippen molar-refractivity contribution in [1.82, 2.24) is 24.8 Å². The van der Waals surface area contributed by atoms with Crippen LogP contribution in [0.25, 0.3) is 5.65 Å². The molecular weight excluding hydrogens is 298 g/mol. The van der Waals surface area contributed by atoms with Crippen molar-refractivity contribution in [2.45, 2.75) is 6.92 Å². The summed E-state index contributed by atoms with van der Waals surface area (Å²) < 4.78 is 8.00. The second-order valence-corrected chi connectivity index (χ2v) is 4.52. The minimum atomic E-state index is 0.424. The Bertz CT molecular complexity index is 694. The summed E-state index contributed by atoms with van der Waals surface area (Å²) in [6.07, 6.45) is 5.02. The van der Waals surface area contributed by atoms with Crippen molar-refractivity contribution in [2.75, 3.05) is 0 Å². The molecule has 0 N–H and O–H groups in total. The van der Waals surface area contributed by atoms with Crippen molar-refractivity contribution >= 4 is 21.6 Å². The van der Waals surface area contributed by atoms with Gasteiger partial charge in [-0.3, -0.25) is 0 Å². The zero-order chi connectivity index (χ0) is 12.5. The number of hydrogen-bond acceptors (Lipinski definition) is 5. The molecule has 0 bridgehead atoms. The van der Waals surface area contributed by atoms with Crippen molar-refractivity contribution in [3.8, 4) is 11.6 Å². The van der Waals surface area contributed by atoms with E-state index in [2.05, 4.69) is 36.2 Å². The SMILES string of the molecule is Cc1ccc(Oc2cnc3c(Br)cnn3c2)nn1. The molecule has 3 aromatic heterocycles. The van der Waals surface area contributed by atoms with Crippen molar-refractivity contribution in [3.63, 3.8) is 0 Å². The van der Waals surface area contributed by atoms with E-state index in [1.54, 1.807) is 29.2 Å². The Balaban J connectivity index is 1.92. The number of ether oxygens (including phenoxy) is 1. The largest absolute Gasteiger partial charge is 0.434 e. The van der Waals surface area contributed by atoms with Crippen molar-refractivity contribution < 1.29 is 4.74 Å². The first kappa shape index (κ1) is 11.1. The molecule has 0 aliphatic carbocycles. The van der Waals surface area contributed by atoms with Crippen LogP contribution in [-0.4, -0.2) is 24.8 Å². The number of nitrogens with zero attached hydrogens (tertiary/aromatic N) is 5. The third-order valence-corrected chi connectivity index (χ3v) is 2.84. The van der Waals surface area contributed by atoms with E-state index in [1.165, 1.54) is 0 Å². The van der Waals surface area contributed by atoms with Crippen molar-refractivity contribution in [3.05, 3.63) is 40.9 Å². The molecule has 6 nitrogen and oxygen atoms in total. The maximum Gasteiger partial charge on any atom is 0.239 e. The summed E-state index contributed by atoms with van der Waals surface area (Å²) in [4.78, 5) is 4.23. The molecule has 0 aromatic carbocycles. The van der Waals surface area contributed by atoms with E-state index in [-0.39, 0.29) is 0 Å². The van der Waals surface area contributed by atoms with Crippen LogP contribution in [0.2, 0.25) is 0 Å². The third kappa shape index (κ3) is 2.04. The lowest BCUT2D eigenvalue weighted by atomic mass is 10.4. The molecule has 18 heavy (non-hydrogen) atoms. The van der Waals surface area contributed by atoms with Gasteiger partial charge >= 0.3 is 0 Å². The molecule has 7 heteroatoms. The Morgan fingerprint density at radius 3 is 2.89 bits per heavy atom. The molecule has 3 aromatic rings. The van der Waals surface area contributed by atoms with Gasteiger partial charge in [0, 0.05) is 6.07 Å². The van der Waals surface area contributed by atoms with E-state index in [4.69, 9.17) is 4.74 Å². The van der Waals surface area contributed by atoms with Crippen LogP contribution in [0.4, 0.5) is 0 Å². The first-order valence-corrected chi connectivity index (χ1v) is 5.99. The molecule has 0 spiro atoms. The van der Waals surface area contributed by atoms with Gasteiger partial charge < -0.3 is 4.74 Å². The van der Waals surface area contributed by atoms with E-state index in [9.17, 15) is 0 Å². The average molecular weight is 306 g/mol. The second-order valence-electron chi connectivity index (χ2n) is 3.67. The van der Waals surface area contributed by atoms with Gasteiger partial charge in [0.05, 0.1) is 28.8 Å². The zero-order valence-electron chi connectivity index (χ0n) is 9.41. The van der Waals surface area contributed by atoms with E-state index >= 15 is 0 Å². The molecule has 0 aliphatic rings. The lowest BCUT2D eigenvalue weighted by molar-refractivity contribution is 0.448. The number of aryl methyl sites for hydroxylation is 1. The van der Waals surface area contributed by atoms with E-state index in [0.717, 1.165) is 15.8 Å². The van der Waals surface area contributed by atoms with Crippen LogP contribution in [0.3, 0.4) is 0 Å². The Morgan fingerprint density at radius 1 is 1.22 bits per heavy atom. The minimum absolute atomic E-state index is 0.424. The highest BCUT2D eigenvalue weighted by Gasteiger charge is 2.05. The Hall–Kier alpha value is -2.02. The lowest BCUT2D eigenvalue weighted by Gasteiger charge is -2.03. The van der Waals surface area contributed by atoms with Gasteiger partial charge in [-0.1, -0.05) is 0 Å². The molecule has 0 unspecified atom stereocenters. The molecule has 0 fully saturated rings. The smallest absolute Gasteiger partial charge is 0.239 e. The molecule has 0 saturated carbocycles. The monoisotopic (exact) mass is 305 g/mol. The van der Waals surface area contributed by atoms with Gasteiger partial charge in [-0.25, -0.2) is 9.50 Å². The van der Waals surface area contributed by atoms with Crippen LogP contribution in [0.5, 0.6) is 11.6 Å². The van der Waals surface area contributed by atoms with E-state index in [1.807, 2.05) is 13.0 Å².